The van der Waals surface area contributed by atoms with Crippen molar-refractivity contribution in [3.63, 3.8) is 0 Å². The van der Waals surface area contributed by atoms with Crippen LogP contribution in [0.4, 0.5) is 0 Å². The van der Waals surface area contributed by atoms with Gasteiger partial charge in [-0.05, 0) is 37.0 Å². The molecule has 0 spiro atoms. The summed E-state index contributed by atoms with van der Waals surface area (Å²) in [6.45, 7) is 0.238. The Balaban J connectivity index is 2.10. The third kappa shape index (κ3) is 3.16. The van der Waals surface area contributed by atoms with E-state index in [1.807, 2.05) is 24.3 Å². The van der Waals surface area contributed by atoms with Gasteiger partial charge in [0.05, 0.1) is 12.1 Å². The maximum atomic E-state index is 12.1. The van der Waals surface area contributed by atoms with Crippen LogP contribution < -0.4 is 11.1 Å². The first kappa shape index (κ1) is 14.5. The highest BCUT2D eigenvalue weighted by molar-refractivity contribution is 9.10. The molecule has 19 heavy (non-hydrogen) atoms. The Morgan fingerprint density at radius 1 is 1.47 bits per heavy atom. The molecule has 0 saturated heterocycles. The van der Waals surface area contributed by atoms with Gasteiger partial charge in [-0.3, -0.25) is 4.79 Å². The van der Waals surface area contributed by atoms with Crippen LogP contribution in [0.3, 0.4) is 0 Å². The SMILES string of the molecule is COCC(N)C(=O)NC1(c2ccc(Br)cc2)CCC1. The molecule has 4 nitrogen and oxygen atoms in total. The molecule has 0 aromatic heterocycles. The summed E-state index contributed by atoms with van der Waals surface area (Å²) in [6, 6.07) is 7.47. The summed E-state index contributed by atoms with van der Waals surface area (Å²) >= 11 is 3.42. The van der Waals surface area contributed by atoms with Crippen LogP contribution in [-0.2, 0) is 15.1 Å². The normalized spacial score (nSPS) is 18.5. The number of methoxy groups -OCH3 is 1. The van der Waals surface area contributed by atoms with Gasteiger partial charge < -0.3 is 15.8 Å². The third-order valence-electron chi connectivity index (χ3n) is 3.65. The molecule has 1 amide bonds. The van der Waals surface area contributed by atoms with Gasteiger partial charge in [-0.25, -0.2) is 0 Å². The Morgan fingerprint density at radius 3 is 2.58 bits per heavy atom. The molecule has 1 aromatic carbocycles. The lowest BCUT2D eigenvalue weighted by atomic mass is 9.71. The molecule has 1 aromatic rings. The highest BCUT2D eigenvalue weighted by Crippen LogP contribution is 2.41. The summed E-state index contributed by atoms with van der Waals surface area (Å²) in [5, 5.41) is 3.09. The van der Waals surface area contributed by atoms with E-state index in [-0.39, 0.29) is 18.1 Å². The Bertz CT molecular complexity index is 443. The number of rotatable bonds is 5. The molecule has 0 heterocycles. The largest absolute Gasteiger partial charge is 0.383 e. The van der Waals surface area contributed by atoms with E-state index in [4.69, 9.17) is 10.5 Å². The van der Waals surface area contributed by atoms with E-state index in [1.54, 1.807) is 7.11 Å². The van der Waals surface area contributed by atoms with E-state index in [9.17, 15) is 4.79 Å². The molecule has 1 aliphatic carbocycles. The zero-order valence-corrected chi connectivity index (χ0v) is 12.6. The highest BCUT2D eigenvalue weighted by atomic mass is 79.9. The van der Waals surface area contributed by atoms with Gasteiger partial charge in [0, 0.05) is 11.6 Å². The zero-order chi connectivity index (χ0) is 13.9. The first-order valence-electron chi connectivity index (χ1n) is 6.40. The predicted molar refractivity (Wildman–Crippen MR) is 77.7 cm³/mol. The Labute approximate surface area is 121 Å². The number of amides is 1. The van der Waals surface area contributed by atoms with Gasteiger partial charge >= 0.3 is 0 Å². The summed E-state index contributed by atoms with van der Waals surface area (Å²) < 4.78 is 5.96. The van der Waals surface area contributed by atoms with Crippen molar-refractivity contribution in [2.45, 2.75) is 30.8 Å². The van der Waals surface area contributed by atoms with Crippen molar-refractivity contribution in [2.75, 3.05) is 13.7 Å². The maximum absolute atomic E-state index is 12.1. The molecular formula is C14H19BrN2O2. The monoisotopic (exact) mass is 326 g/mol. The number of halogens is 1. The van der Waals surface area contributed by atoms with Crippen molar-refractivity contribution >= 4 is 21.8 Å². The first-order chi connectivity index (χ1) is 9.07. The number of benzene rings is 1. The van der Waals surface area contributed by atoms with Gasteiger partial charge in [-0.1, -0.05) is 28.1 Å². The first-order valence-corrected chi connectivity index (χ1v) is 7.19. The number of hydrogen-bond donors (Lipinski definition) is 2. The zero-order valence-electron chi connectivity index (χ0n) is 11.0. The fraction of sp³-hybridized carbons (Fsp3) is 0.500. The maximum Gasteiger partial charge on any atom is 0.239 e. The smallest absolute Gasteiger partial charge is 0.239 e. The van der Waals surface area contributed by atoms with Crippen molar-refractivity contribution in [1.82, 2.24) is 5.32 Å². The molecular weight excluding hydrogens is 308 g/mol. The van der Waals surface area contributed by atoms with E-state index in [0.29, 0.717) is 0 Å². The second-order valence-corrected chi connectivity index (χ2v) is 5.91. The van der Waals surface area contributed by atoms with Crippen LogP contribution in [0.15, 0.2) is 28.7 Å². The Morgan fingerprint density at radius 2 is 2.11 bits per heavy atom. The minimum atomic E-state index is -0.613. The molecule has 1 aliphatic rings. The molecule has 2 rings (SSSR count). The van der Waals surface area contributed by atoms with Crippen LogP contribution in [0, 0.1) is 0 Å². The van der Waals surface area contributed by atoms with Gasteiger partial charge in [-0.15, -0.1) is 0 Å². The predicted octanol–water partition coefficient (Wildman–Crippen LogP) is 1.92. The molecule has 0 radical (unpaired) electrons. The van der Waals surface area contributed by atoms with Crippen molar-refractivity contribution in [3.05, 3.63) is 34.3 Å². The molecule has 1 atom stereocenters. The lowest BCUT2D eigenvalue weighted by Crippen LogP contribution is -2.56. The van der Waals surface area contributed by atoms with Crippen LogP contribution >= 0.6 is 15.9 Å². The standard InChI is InChI=1S/C14H19BrN2O2/c1-19-9-12(16)13(18)17-14(7-2-8-14)10-3-5-11(15)6-4-10/h3-6,12H,2,7-9,16H2,1H3,(H,17,18). The lowest BCUT2D eigenvalue weighted by Gasteiger charge is -2.43. The van der Waals surface area contributed by atoms with Gasteiger partial charge in [0.1, 0.15) is 6.04 Å². The molecule has 0 aliphatic heterocycles. The Kier molecular flexibility index (Phi) is 4.60. The van der Waals surface area contributed by atoms with Crippen LogP contribution in [0.5, 0.6) is 0 Å². The van der Waals surface area contributed by atoms with Crippen molar-refractivity contribution in [3.8, 4) is 0 Å². The number of carbonyl (C=O) groups is 1. The van der Waals surface area contributed by atoms with Crippen LogP contribution in [-0.4, -0.2) is 25.7 Å². The summed E-state index contributed by atoms with van der Waals surface area (Å²) in [5.41, 5.74) is 6.66. The van der Waals surface area contributed by atoms with Crippen molar-refractivity contribution in [2.24, 2.45) is 5.73 Å². The van der Waals surface area contributed by atoms with E-state index < -0.39 is 6.04 Å². The van der Waals surface area contributed by atoms with E-state index >= 15 is 0 Å². The van der Waals surface area contributed by atoms with Crippen LogP contribution in [0.2, 0.25) is 0 Å². The third-order valence-corrected chi connectivity index (χ3v) is 4.18. The minimum Gasteiger partial charge on any atom is -0.383 e. The summed E-state index contributed by atoms with van der Waals surface area (Å²) in [4.78, 5) is 12.1. The summed E-state index contributed by atoms with van der Waals surface area (Å²) in [5.74, 6) is -0.149. The van der Waals surface area contributed by atoms with Crippen molar-refractivity contribution < 1.29 is 9.53 Å². The average molecular weight is 327 g/mol. The summed E-state index contributed by atoms with van der Waals surface area (Å²) in [7, 11) is 1.54. The topological polar surface area (TPSA) is 64.3 Å². The van der Waals surface area contributed by atoms with Crippen LogP contribution in [0.1, 0.15) is 24.8 Å². The number of carbonyl (C=O) groups excluding carboxylic acids is 1. The molecule has 1 saturated carbocycles. The number of nitrogens with one attached hydrogen (secondary N) is 1. The molecule has 5 heteroatoms. The van der Waals surface area contributed by atoms with E-state index in [0.717, 1.165) is 29.3 Å². The van der Waals surface area contributed by atoms with Gasteiger partial charge in [0.25, 0.3) is 0 Å². The minimum absolute atomic E-state index is 0.149. The molecule has 0 bridgehead atoms. The fourth-order valence-electron chi connectivity index (χ4n) is 2.37. The summed E-state index contributed by atoms with van der Waals surface area (Å²) in [6.07, 6.45) is 3.04. The van der Waals surface area contributed by atoms with Gasteiger partial charge in [-0.2, -0.15) is 0 Å². The fourth-order valence-corrected chi connectivity index (χ4v) is 2.63. The molecule has 1 unspecified atom stereocenters. The highest BCUT2D eigenvalue weighted by Gasteiger charge is 2.40. The second-order valence-electron chi connectivity index (χ2n) is 4.99. The van der Waals surface area contributed by atoms with Crippen LogP contribution in [0.25, 0.3) is 0 Å². The van der Waals surface area contributed by atoms with Crippen molar-refractivity contribution in [1.29, 1.82) is 0 Å². The Hall–Kier alpha value is -0.910. The number of nitrogens with two attached hydrogens (primary N) is 1. The molecule has 3 N–H and O–H groups in total. The van der Waals surface area contributed by atoms with Gasteiger partial charge in [0.15, 0.2) is 0 Å². The molecule has 1 fully saturated rings. The molecule has 104 valence electrons. The lowest BCUT2D eigenvalue weighted by molar-refractivity contribution is -0.126. The van der Waals surface area contributed by atoms with E-state index in [2.05, 4.69) is 21.2 Å². The van der Waals surface area contributed by atoms with Gasteiger partial charge in [0.2, 0.25) is 5.91 Å². The second kappa shape index (κ2) is 6.03. The van der Waals surface area contributed by atoms with E-state index in [1.165, 1.54) is 0 Å². The quantitative estimate of drug-likeness (QED) is 0.868. The average Bonchev–Trinajstić information content (AvgIpc) is 2.35. The number of hydrogen-bond acceptors (Lipinski definition) is 3. The number of ether oxygens (including phenoxy) is 1.